The molecule has 4 heterocycles. The number of hydrogen-bond donors (Lipinski definition) is 0. The van der Waals surface area contributed by atoms with Crippen molar-refractivity contribution in [2.45, 2.75) is 19.5 Å². The van der Waals surface area contributed by atoms with Crippen molar-refractivity contribution in [3.8, 4) is 11.4 Å². The minimum absolute atomic E-state index is 0.288. The van der Waals surface area contributed by atoms with Gasteiger partial charge in [0.05, 0.1) is 22.6 Å². The minimum atomic E-state index is -2.64. The topological polar surface area (TPSA) is 64.7 Å². The Kier molecular flexibility index (Phi) is 4.20. The zero-order chi connectivity index (χ0) is 20.1. The monoisotopic (exact) mass is 415 g/mol. The summed E-state index contributed by atoms with van der Waals surface area (Å²) in [4.78, 5) is 11.1. The molecule has 0 atom stereocenters. The van der Waals surface area contributed by atoms with Crippen LogP contribution in [0.4, 0.5) is 14.6 Å². The van der Waals surface area contributed by atoms with Gasteiger partial charge in [-0.25, -0.2) is 18.7 Å². The Bertz CT molecular complexity index is 1220. The lowest BCUT2D eigenvalue weighted by Gasteiger charge is -2.29. The molecule has 0 saturated heterocycles. The zero-order valence-corrected chi connectivity index (χ0v) is 16.2. The second kappa shape index (κ2) is 6.77. The van der Waals surface area contributed by atoms with Crippen LogP contribution in [0.2, 0.25) is 5.02 Å². The number of nitrogens with zero attached hydrogens (tertiary/aromatic N) is 7. The van der Waals surface area contributed by atoms with E-state index in [9.17, 15) is 8.78 Å². The van der Waals surface area contributed by atoms with Crippen LogP contribution < -0.4 is 4.90 Å². The van der Waals surface area contributed by atoms with Gasteiger partial charge in [0, 0.05) is 31.9 Å². The van der Waals surface area contributed by atoms with Gasteiger partial charge in [0.2, 0.25) is 0 Å². The van der Waals surface area contributed by atoms with Crippen molar-refractivity contribution in [1.82, 2.24) is 29.3 Å². The van der Waals surface area contributed by atoms with Gasteiger partial charge in [0.25, 0.3) is 6.43 Å². The fourth-order valence-electron chi connectivity index (χ4n) is 3.70. The van der Waals surface area contributed by atoms with Crippen LogP contribution in [0.1, 0.15) is 18.1 Å². The first-order valence-electron chi connectivity index (χ1n) is 9.05. The van der Waals surface area contributed by atoms with E-state index in [4.69, 9.17) is 16.6 Å². The lowest BCUT2D eigenvalue weighted by Crippen LogP contribution is -2.35. The second-order valence-electron chi connectivity index (χ2n) is 6.85. The summed E-state index contributed by atoms with van der Waals surface area (Å²) >= 11 is 6.44. The molecule has 1 aliphatic rings. The Balaban J connectivity index is 1.52. The minimum Gasteiger partial charge on any atom is -0.347 e. The SMILES string of the molecule is Cn1c(-c2cc(N3CCn4c(nnc4C(F)F)C3)ncc2Cl)nc2ccccc21. The van der Waals surface area contributed by atoms with Crippen molar-refractivity contribution in [3.63, 3.8) is 0 Å². The van der Waals surface area contributed by atoms with E-state index in [1.807, 2.05) is 46.8 Å². The summed E-state index contributed by atoms with van der Waals surface area (Å²) in [5.41, 5.74) is 2.64. The normalized spacial score (nSPS) is 14.0. The summed E-state index contributed by atoms with van der Waals surface area (Å²) in [6, 6.07) is 9.73. The molecule has 7 nitrogen and oxygen atoms in total. The number of rotatable bonds is 3. The molecular weight excluding hydrogens is 400 g/mol. The van der Waals surface area contributed by atoms with Crippen LogP contribution in [0.5, 0.6) is 0 Å². The van der Waals surface area contributed by atoms with E-state index in [2.05, 4.69) is 15.2 Å². The number of fused-ring (bicyclic) bond motifs is 2. The third-order valence-corrected chi connectivity index (χ3v) is 5.47. The summed E-state index contributed by atoms with van der Waals surface area (Å²) in [7, 11) is 1.94. The quantitative estimate of drug-likeness (QED) is 0.508. The predicted octanol–water partition coefficient (Wildman–Crippen LogP) is 3.84. The van der Waals surface area contributed by atoms with Gasteiger partial charge in [-0.15, -0.1) is 10.2 Å². The second-order valence-corrected chi connectivity index (χ2v) is 7.26. The van der Waals surface area contributed by atoms with Gasteiger partial charge in [0.1, 0.15) is 11.6 Å². The summed E-state index contributed by atoms with van der Waals surface area (Å²) in [5.74, 6) is 1.63. The van der Waals surface area contributed by atoms with E-state index in [1.54, 1.807) is 6.20 Å². The molecule has 4 aromatic rings. The van der Waals surface area contributed by atoms with E-state index in [-0.39, 0.29) is 5.82 Å². The maximum atomic E-state index is 13.0. The van der Waals surface area contributed by atoms with E-state index in [0.29, 0.717) is 36.3 Å². The van der Waals surface area contributed by atoms with Crippen molar-refractivity contribution < 1.29 is 8.78 Å². The first kappa shape index (κ1) is 18.0. The van der Waals surface area contributed by atoms with Gasteiger partial charge in [0.15, 0.2) is 11.6 Å². The molecule has 0 radical (unpaired) electrons. The molecule has 29 heavy (non-hydrogen) atoms. The highest BCUT2D eigenvalue weighted by molar-refractivity contribution is 6.33. The molecule has 10 heteroatoms. The highest BCUT2D eigenvalue weighted by Crippen LogP contribution is 2.32. The number of aryl methyl sites for hydroxylation is 1. The van der Waals surface area contributed by atoms with E-state index >= 15 is 0 Å². The number of para-hydroxylation sites is 2. The summed E-state index contributed by atoms with van der Waals surface area (Å²) in [6.45, 7) is 1.23. The Morgan fingerprint density at radius 2 is 1.97 bits per heavy atom. The molecule has 5 rings (SSSR count). The number of halogens is 3. The van der Waals surface area contributed by atoms with Gasteiger partial charge in [-0.2, -0.15) is 0 Å². The summed E-state index contributed by atoms with van der Waals surface area (Å²) in [5, 5.41) is 8.03. The molecule has 0 aliphatic carbocycles. The summed E-state index contributed by atoms with van der Waals surface area (Å²) < 4.78 is 29.6. The van der Waals surface area contributed by atoms with Crippen LogP contribution in [0.3, 0.4) is 0 Å². The summed E-state index contributed by atoms with van der Waals surface area (Å²) in [6.07, 6.45) is -1.05. The molecule has 148 valence electrons. The van der Waals surface area contributed by atoms with Crippen LogP contribution in [-0.2, 0) is 20.1 Å². The van der Waals surface area contributed by atoms with Crippen molar-refractivity contribution in [2.75, 3.05) is 11.4 Å². The van der Waals surface area contributed by atoms with Gasteiger partial charge < -0.3 is 14.0 Å². The van der Waals surface area contributed by atoms with E-state index < -0.39 is 6.43 Å². The number of pyridine rings is 1. The number of hydrogen-bond acceptors (Lipinski definition) is 5. The molecule has 0 fully saturated rings. The molecular formula is C19H16ClF2N7. The molecule has 0 spiro atoms. The smallest absolute Gasteiger partial charge is 0.297 e. The number of alkyl halides is 2. The number of anilines is 1. The predicted molar refractivity (Wildman–Crippen MR) is 105 cm³/mol. The van der Waals surface area contributed by atoms with Crippen molar-refractivity contribution in [1.29, 1.82) is 0 Å². The first-order valence-corrected chi connectivity index (χ1v) is 9.43. The highest BCUT2D eigenvalue weighted by atomic mass is 35.5. The number of imidazole rings is 1. The Morgan fingerprint density at radius 3 is 2.76 bits per heavy atom. The molecule has 0 unspecified atom stereocenters. The van der Waals surface area contributed by atoms with Crippen LogP contribution in [0, 0.1) is 0 Å². The maximum absolute atomic E-state index is 13.0. The molecule has 1 aliphatic heterocycles. The molecule has 0 N–H and O–H groups in total. The van der Waals surface area contributed by atoms with Crippen molar-refractivity contribution in [3.05, 3.63) is 53.2 Å². The Labute approximate surface area is 169 Å². The standard InChI is InChI=1S/C19H16ClF2N7/c1-27-14-5-3-2-4-13(14)24-18(27)11-8-15(23-9-12(11)20)28-6-7-29-16(10-28)25-26-19(29)17(21)22/h2-5,8-9,17H,6-7,10H2,1H3. The zero-order valence-electron chi connectivity index (χ0n) is 15.4. The average Bonchev–Trinajstić information content (AvgIpc) is 3.29. The first-order chi connectivity index (χ1) is 14.0. The molecule has 0 amide bonds. The molecule has 0 bridgehead atoms. The fraction of sp³-hybridized carbons (Fsp3) is 0.263. The largest absolute Gasteiger partial charge is 0.347 e. The number of benzene rings is 1. The molecule has 1 aromatic carbocycles. The van der Waals surface area contributed by atoms with Gasteiger partial charge >= 0.3 is 0 Å². The molecule has 0 saturated carbocycles. The fourth-order valence-corrected chi connectivity index (χ4v) is 3.88. The van der Waals surface area contributed by atoms with Crippen LogP contribution in [-0.4, -0.2) is 35.8 Å². The lowest BCUT2D eigenvalue weighted by molar-refractivity contribution is 0.134. The maximum Gasteiger partial charge on any atom is 0.297 e. The van der Waals surface area contributed by atoms with Crippen LogP contribution in [0.25, 0.3) is 22.4 Å². The highest BCUT2D eigenvalue weighted by Gasteiger charge is 2.26. The average molecular weight is 416 g/mol. The lowest BCUT2D eigenvalue weighted by atomic mass is 10.2. The molecule has 3 aromatic heterocycles. The Hall–Kier alpha value is -3.07. The van der Waals surface area contributed by atoms with Crippen LogP contribution >= 0.6 is 11.6 Å². The third-order valence-electron chi connectivity index (χ3n) is 5.17. The number of aromatic nitrogens is 6. The van der Waals surface area contributed by atoms with Crippen molar-refractivity contribution >= 4 is 28.5 Å². The van der Waals surface area contributed by atoms with E-state index in [0.717, 1.165) is 22.4 Å². The van der Waals surface area contributed by atoms with Crippen molar-refractivity contribution in [2.24, 2.45) is 7.05 Å². The van der Waals surface area contributed by atoms with Gasteiger partial charge in [-0.05, 0) is 18.2 Å². The third kappa shape index (κ3) is 2.93. The van der Waals surface area contributed by atoms with Gasteiger partial charge in [-0.1, -0.05) is 23.7 Å². The van der Waals surface area contributed by atoms with Gasteiger partial charge in [-0.3, -0.25) is 0 Å². The van der Waals surface area contributed by atoms with E-state index in [1.165, 1.54) is 4.57 Å². The van der Waals surface area contributed by atoms with Crippen LogP contribution in [0.15, 0.2) is 36.5 Å². The Morgan fingerprint density at radius 1 is 1.14 bits per heavy atom.